The first kappa shape index (κ1) is 66.5. The largest absolute Gasteiger partial charge is 0.370 e. The fourth-order valence-electron chi connectivity index (χ4n) is 10.1. The van der Waals surface area contributed by atoms with Gasteiger partial charge in [-0.05, 0) is 125 Å². The van der Waals surface area contributed by atoms with Gasteiger partial charge in [-0.25, -0.2) is 0 Å². The number of benzene rings is 2. The number of aromatic amines is 2. The summed E-state index contributed by atoms with van der Waals surface area (Å²) in [6.45, 7) is 8.14. The summed E-state index contributed by atoms with van der Waals surface area (Å²) in [4.78, 5) is 133. The lowest BCUT2D eigenvalue weighted by atomic mass is 9.98. The van der Waals surface area contributed by atoms with Gasteiger partial charge in [-0.3, -0.25) is 48.3 Å². The van der Waals surface area contributed by atoms with E-state index in [-0.39, 0.29) is 114 Å². The maximum absolute atomic E-state index is 15.0. The molecule has 1 fully saturated rings. The molecule has 5 rings (SSSR count). The number of guanidine groups is 2. The standard InChI is InChI=1S/C58H90N18O8/c1-33(2)27-45-53(81)72-42(20-10-12-24-60)50(78)70-43(21-13-25-65-57(61)62)51(79)69-41(19-9-11-23-59)49(77)71-44(22-14-26-66-58(63)64)52(80)75-47(29-35-31-67-39-17-7-5-15-37(35)39)55(83)74-46(28-34(3)4)54(82)76-48(56(84)73-45)30-36-32-68-40-18-8-6-16-38(36)40/h5-8,15-18,31-34,41-48,67-68H,9-14,19-30,59-60H2,1-4H3,(H,69,79)(H,70,78)(H,71,77)(H,72,81)(H,73,84)(H,74,83)(H,75,80)(H,76,82)(H4,61,62,65)(H4,63,64,66)/t41-,42-,43-,44-,45-,46-,47-,48-/m0/s1. The molecule has 4 aromatic rings. The summed E-state index contributed by atoms with van der Waals surface area (Å²) in [6.07, 6.45) is 5.65. The Labute approximate surface area is 490 Å². The third-order valence-corrected chi connectivity index (χ3v) is 14.5. The van der Waals surface area contributed by atoms with E-state index < -0.39 is 95.6 Å². The Morgan fingerprint density at radius 2 is 0.690 bits per heavy atom. The molecule has 0 radical (unpaired) electrons. The molecule has 26 heteroatoms. The van der Waals surface area contributed by atoms with Gasteiger partial charge in [0, 0.05) is 60.1 Å². The van der Waals surface area contributed by atoms with Gasteiger partial charge in [-0.2, -0.15) is 0 Å². The van der Waals surface area contributed by atoms with E-state index in [0.29, 0.717) is 36.8 Å². The van der Waals surface area contributed by atoms with Crippen LogP contribution in [0.3, 0.4) is 0 Å². The fourth-order valence-corrected chi connectivity index (χ4v) is 10.1. The van der Waals surface area contributed by atoms with Gasteiger partial charge in [0.15, 0.2) is 11.9 Å². The molecule has 0 bridgehead atoms. The molecule has 460 valence electrons. The lowest BCUT2D eigenvalue weighted by molar-refractivity contribution is -0.137. The first-order valence-electron chi connectivity index (χ1n) is 29.2. The second-order valence-electron chi connectivity index (χ2n) is 22.3. The highest BCUT2D eigenvalue weighted by molar-refractivity contribution is 5.99. The maximum Gasteiger partial charge on any atom is 0.243 e. The summed E-state index contributed by atoms with van der Waals surface area (Å²) >= 11 is 0. The zero-order valence-electron chi connectivity index (χ0n) is 48.9. The van der Waals surface area contributed by atoms with Crippen LogP contribution in [0, 0.1) is 11.8 Å². The van der Waals surface area contributed by atoms with Crippen molar-refractivity contribution in [3.63, 3.8) is 0 Å². The summed E-state index contributed by atoms with van der Waals surface area (Å²) in [6, 6.07) is 4.40. The lowest BCUT2D eigenvalue weighted by Crippen LogP contribution is -2.62. The SMILES string of the molecule is CC(C)C[C@@H]1NC(=O)[C@H](Cc2c[nH]c3ccccc23)NC(=O)[C@H](CC(C)C)NC(=O)[C@H](Cc2c[nH]c3ccccc23)NC(=O)[C@H](CCCN=C(N)N)NC(=O)[C@H](CCCCN)NC(=O)[C@H](CCCN=C(N)N)NC(=O)[C@H](CCCCN)NC1=O. The average Bonchev–Trinajstić information content (AvgIpc) is 3.72. The topological polar surface area (TPSA) is 445 Å². The molecule has 3 heterocycles. The van der Waals surface area contributed by atoms with Gasteiger partial charge >= 0.3 is 0 Å². The number of carbonyl (C=O) groups excluding carboxylic acids is 8. The Morgan fingerprint density at radius 1 is 0.405 bits per heavy atom. The smallest absolute Gasteiger partial charge is 0.243 e. The molecule has 84 heavy (non-hydrogen) atoms. The summed E-state index contributed by atoms with van der Waals surface area (Å²) < 4.78 is 0. The molecular weight excluding hydrogens is 1080 g/mol. The van der Waals surface area contributed by atoms with Crippen LogP contribution in [-0.4, -0.2) is 144 Å². The molecule has 0 saturated carbocycles. The minimum absolute atomic E-state index is 0.0295. The number of hydrogen-bond donors (Lipinski definition) is 16. The summed E-state index contributed by atoms with van der Waals surface area (Å²) in [7, 11) is 0. The second kappa shape index (κ2) is 33.7. The number of nitrogens with two attached hydrogens (primary N) is 6. The van der Waals surface area contributed by atoms with Gasteiger partial charge in [0.2, 0.25) is 47.3 Å². The Morgan fingerprint density at radius 3 is 1.01 bits per heavy atom. The van der Waals surface area contributed by atoms with E-state index in [1.54, 1.807) is 12.4 Å². The molecule has 1 aliphatic heterocycles. The zero-order chi connectivity index (χ0) is 61.3. The van der Waals surface area contributed by atoms with Crippen LogP contribution in [0.15, 0.2) is 70.9 Å². The number of para-hydroxylation sites is 2. The maximum atomic E-state index is 15.0. The molecule has 2 aromatic carbocycles. The first-order valence-corrected chi connectivity index (χ1v) is 29.2. The zero-order valence-corrected chi connectivity index (χ0v) is 48.9. The quantitative estimate of drug-likeness (QED) is 0.0245. The Balaban J connectivity index is 1.67. The molecule has 0 spiro atoms. The van der Waals surface area contributed by atoms with E-state index in [9.17, 15) is 33.6 Å². The Bertz CT molecular complexity index is 2890. The molecule has 8 amide bonds. The van der Waals surface area contributed by atoms with Crippen LogP contribution in [0.1, 0.15) is 116 Å². The van der Waals surface area contributed by atoms with Crippen LogP contribution in [-0.2, 0) is 51.2 Å². The van der Waals surface area contributed by atoms with Crippen molar-refractivity contribution >= 4 is 81.0 Å². The van der Waals surface area contributed by atoms with E-state index in [4.69, 9.17) is 34.4 Å². The second-order valence-corrected chi connectivity index (χ2v) is 22.3. The average molecular weight is 1170 g/mol. The number of H-pyrrole nitrogens is 2. The number of unbranched alkanes of at least 4 members (excludes halogenated alkanes) is 2. The summed E-state index contributed by atoms with van der Waals surface area (Å²) in [5, 5.41) is 24.4. The number of aromatic nitrogens is 2. The molecule has 1 saturated heterocycles. The lowest BCUT2D eigenvalue weighted by Gasteiger charge is -2.30. The minimum atomic E-state index is -1.37. The van der Waals surface area contributed by atoms with Gasteiger partial charge < -0.3 is 86.9 Å². The van der Waals surface area contributed by atoms with Crippen molar-refractivity contribution in [2.45, 2.75) is 166 Å². The van der Waals surface area contributed by atoms with Crippen molar-refractivity contribution in [1.29, 1.82) is 0 Å². The van der Waals surface area contributed by atoms with Gasteiger partial charge in [-0.15, -0.1) is 0 Å². The minimum Gasteiger partial charge on any atom is -0.370 e. The first-order chi connectivity index (χ1) is 40.2. The number of nitrogens with zero attached hydrogens (tertiary/aromatic N) is 2. The highest BCUT2D eigenvalue weighted by atomic mass is 16.2. The van der Waals surface area contributed by atoms with E-state index in [1.807, 2.05) is 76.2 Å². The molecular formula is C58H90N18O8. The third kappa shape index (κ3) is 21.2. The van der Waals surface area contributed by atoms with E-state index in [0.717, 1.165) is 21.8 Å². The number of nitrogens with one attached hydrogen (secondary N) is 10. The normalized spacial score (nSPS) is 22.0. The Hall–Kier alpha value is -8.26. The van der Waals surface area contributed by atoms with Gasteiger partial charge in [0.05, 0.1) is 0 Å². The van der Waals surface area contributed by atoms with Crippen molar-refractivity contribution in [2.24, 2.45) is 56.2 Å². The van der Waals surface area contributed by atoms with Crippen molar-refractivity contribution in [3.05, 3.63) is 72.1 Å². The van der Waals surface area contributed by atoms with Gasteiger partial charge in [-0.1, -0.05) is 64.1 Å². The fraction of sp³-hybridized carbons (Fsp3) is 0.552. The van der Waals surface area contributed by atoms with Crippen molar-refractivity contribution in [1.82, 2.24) is 52.5 Å². The number of hydrogen-bond acceptors (Lipinski definition) is 12. The van der Waals surface area contributed by atoms with Crippen LogP contribution in [0.2, 0.25) is 0 Å². The van der Waals surface area contributed by atoms with Crippen LogP contribution in [0.4, 0.5) is 0 Å². The molecule has 26 nitrogen and oxygen atoms in total. The number of amides is 8. The van der Waals surface area contributed by atoms with E-state index >= 15 is 4.79 Å². The van der Waals surface area contributed by atoms with Crippen LogP contribution in [0.25, 0.3) is 21.8 Å². The molecule has 0 unspecified atom stereocenters. The van der Waals surface area contributed by atoms with Crippen molar-refractivity contribution < 1.29 is 38.4 Å². The van der Waals surface area contributed by atoms with Gasteiger partial charge in [0.25, 0.3) is 0 Å². The highest BCUT2D eigenvalue weighted by Gasteiger charge is 2.37. The number of rotatable bonds is 24. The number of fused-ring (bicyclic) bond motifs is 2. The highest BCUT2D eigenvalue weighted by Crippen LogP contribution is 2.22. The van der Waals surface area contributed by atoms with Gasteiger partial charge in [0.1, 0.15) is 48.3 Å². The molecule has 0 aliphatic carbocycles. The molecule has 1 aliphatic rings. The summed E-state index contributed by atoms with van der Waals surface area (Å²) in [5.41, 5.74) is 37.1. The Kier molecular flexibility index (Phi) is 26.7. The van der Waals surface area contributed by atoms with E-state index in [2.05, 4.69) is 62.5 Å². The monoisotopic (exact) mass is 1170 g/mol. The third-order valence-electron chi connectivity index (χ3n) is 14.5. The van der Waals surface area contributed by atoms with Crippen molar-refractivity contribution in [3.8, 4) is 0 Å². The molecule has 22 N–H and O–H groups in total. The predicted molar refractivity (Wildman–Crippen MR) is 324 cm³/mol. The van der Waals surface area contributed by atoms with Crippen LogP contribution >= 0.6 is 0 Å². The van der Waals surface area contributed by atoms with E-state index in [1.165, 1.54) is 0 Å². The predicted octanol–water partition coefficient (Wildman–Crippen LogP) is -0.216. The summed E-state index contributed by atoms with van der Waals surface area (Å²) in [5.74, 6) is -6.69. The van der Waals surface area contributed by atoms with Crippen molar-refractivity contribution in [2.75, 3.05) is 26.2 Å². The number of carbonyl (C=O) groups is 8. The van der Waals surface area contributed by atoms with Crippen LogP contribution < -0.4 is 76.9 Å². The molecule has 2 aromatic heterocycles. The number of aliphatic imine (C=N–C) groups is 2. The molecule has 8 atom stereocenters. The van der Waals surface area contributed by atoms with Crippen LogP contribution in [0.5, 0.6) is 0 Å².